The lowest BCUT2D eigenvalue weighted by Gasteiger charge is -2.39. The molecule has 1 aromatic rings. The molecule has 3 rings (SSSR count). The van der Waals surface area contributed by atoms with Crippen LogP contribution in [0.2, 0.25) is 0 Å². The lowest BCUT2D eigenvalue weighted by molar-refractivity contribution is 0.190. The molecule has 2 fully saturated rings. The molecule has 218 valence electrons. The Bertz CT molecular complexity index is 1110. The number of allylic oxidation sites excluding steroid dienone is 3. The van der Waals surface area contributed by atoms with Crippen LogP contribution in [0.1, 0.15) is 104 Å². The number of anilines is 1. The molecule has 0 aromatic heterocycles. The van der Waals surface area contributed by atoms with Crippen LogP contribution in [0, 0.1) is 29.6 Å². The zero-order valence-electron chi connectivity index (χ0n) is 26.4. The molecule has 2 aliphatic rings. The molecule has 1 atom stereocenters. The molecule has 0 radical (unpaired) electrons. The molecule has 1 saturated heterocycles. The standard InChI is InChI=1S/C37H55N3/c1-11-31-15-18-35(36(25-31)38-30(7)33-16-17-33)28(5)24-34(12-2)40(27(3)4)26-29(6)39-22-19-32(20-23-39)14-13-21-37(8,9)10/h1,15,18,24-25,32-34,38H,3,6-7,12-14,16-17,19-23,26H2,2,4-5,8-10H3/b28-24+. The maximum atomic E-state index is 5.73. The molecule has 1 saturated carbocycles. The summed E-state index contributed by atoms with van der Waals surface area (Å²) in [5.74, 6) is 4.22. The second-order valence-corrected chi connectivity index (χ2v) is 13.5. The molecule has 0 bridgehead atoms. The molecule has 1 aliphatic carbocycles. The molecule has 1 N–H and O–H groups in total. The van der Waals surface area contributed by atoms with Gasteiger partial charge in [-0.05, 0) is 87.3 Å². The third-order valence-electron chi connectivity index (χ3n) is 8.68. The van der Waals surface area contributed by atoms with Gasteiger partial charge >= 0.3 is 0 Å². The zero-order chi connectivity index (χ0) is 29.4. The second kappa shape index (κ2) is 14.2. The number of piperidine rings is 1. The van der Waals surface area contributed by atoms with Crippen molar-refractivity contribution in [2.75, 3.05) is 25.0 Å². The number of likely N-dealkylation sites (tertiary alicyclic amines) is 1. The van der Waals surface area contributed by atoms with Crippen LogP contribution in [-0.2, 0) is 0 Å². The van der Waals surface area contributed by atoms with Crippen molar-refractivity contribution in [2.45, 2.75) is 99.0 Å². The van der Waals surface area contributed by atoms with Gasteiger partial charge in [0, 0.05) is 53.0 Å². The molecular weight excluding hydrogens is 486 g/mol. The van der Waals surface area contributed by atoms with Crippen molar-refractivity contribution in [2.24, 2.45) is 17.3 Å². The Kier molecular flexibility index (Phi) is 11.2. The largest absolute Gasteiger partial charge is 0.374 e. The Hall–Kier alpha value is -2.86. The molecule has 3 heteroatoms. The van der Waals surface area contributed by atoms with E-state index in [4.69, 9.17) is 6.42 Å². The summed E-state index contributed by atoms with van der Waals surface area (Å²) in [7, 11) is 0. The van der Waals surface area contributed by atoms with Gasteiger partial charge in [0.15, 0.2) is 0 Å². The highest BCUT2D eigenvalue weighted by Gasteiger charge is 2.26. The third kappa shape index (κ3) is 9.36. The summed E-state index contributed by atoms with van der Waals surface area (Å²) in [5, 5.41) is 3.59. The molecule has 3 nitrogen and oxygen atoms in total. The van der Waals surface area contributed by atoms with E-state index in [-0.39, 0.29) is 6.04 Å². The average Bonchev–Trinajstić information content (AvgIpc) is 3.75. The van der Waals surface area contributed by atoms with E-state index in [1.807, 2.05) is 6.07 Å². The topological polar surface area (TPSA) is 18.5 Å². The number of nitrogens with one attached hydrogen (secondary N) is 1. The van der Waals surface area contributed by atoms with Crippen molar-refractivity contribution >= 4 is 11.3 Å². The van der Waals surface area contributed by atoms with Crippen LogP contribution in [0.4, 0.5) is 5.69 Å². The van der Waals surface area contributed by atoms with Crippen LogP contribution in [-0.4, -0.2) is 35.5 Å². The number of benzene rings is 1. The fourth-order valence-electron chi connectivity index (χ4n) is 5.89. The van der Waals surface area contributed by atoms with Gasteiger partial charge in [0.1, 0.15) is 0 Å². The zero-order valence-corrected chi connectivity index (χ0v) is 26.4. The van der Waals surface area contributed by atoms with E-state index in [1.54, 1.807) is 0 Å². The highest BCUT2D eigenvalue weighted by atomic mass is 15.2. The van der Waals surface area contributed by atoms with Gasteiger partial charge in [-0.15, -0.1) is 6.42 Å². The summed E-state index contributed by atoms with van der Waals surface area (Å²) >= 11 is 0. The van der Waals surface area contributed by atoms with E-state index < -0.39 is 0 Å². The second-order valence-electron chi connectivity index (χ2n) is 13.5. The van der Waals surface area contributed by atoms with Gasteiger partial charge in [-0.3, -0.25) is 0 Å². The van der Waals surface area contributed by atoms with Crippen molar-refractivity contribution in [3.05, 3.63) is 72.2 Å². The quantitative estimate of drug-likeness (QED) is 0.237. The third-order valence-corrected chi connectivity index (χ3v) is 8.68. The lowest BCUT2D eigenvalue weighted by atomic mass is 9.85. The van der Waals surface area contributed by atoms with E-state index in [1.165, 1.54) is 61.8 Å². The number of hydrogen-bond acceptors (Lipinski definition) is 3. The summed E-state index contributed by atoms with van der Waals surface area (Å²) < 4.78 is 0. The highest BCUT2D eigenvalue weighted by Crippen LogP contribution is 2.37. The predicted octanol–water partition coefficient (Wildman–Crippen LogP) is 9.46. The first-order valence-electron chi connectivity index (χ1n) is 15.5. The van der Waals surface area contributed by atoms with Crippen LogP contribution in [0.15, 0.2) is 61.1 Å². The minimum absolute atomic E-state index is 0.232. The molecule has 40 heavy (non-hydrogen) atoms. The van der Waals surface area contributed by atoms with E-state index in [9.17, 15) is 0 Å². The van der Waals surface area contributed by atoms with Crippen LogP contribution in [0.5, 0.6) is 0 Å². The predicted molar refractivity (Wildman–Crippen MR) is 176 cm³/mol. The number of rotatable bonds is 14. The van der Waals surface area contributed by atoms with E-state index in [0.29, 0.717) is 11.3 Å². The van der Waals surface area contributed by atoms with E-state index >= 15 is 0 Å². The molecule has 0 amide bonds. The van der Waals surface area contributed by atoms with E-state index in [2.05, 4.69) is 101 Å². The molecule has 1 aromatic carbocycles. The Morgan fingerprint density at radius 3 is 2.38 bits per heavy atom. The van der Waals surface area contributed by atoms with Crippen molar-refractivity contribution in [1.82, 2.24) is 9.80 Å². The number of nitrogens with zero attached hydrogens (tertiary/aromatic N) is 2. The first kappa shape index (κ1) is 31.7. The van der Waals surface area contributed by atoms with Gasteiger partial charge in [0.2, 0.25) is 0 Å². The Morgan fingerprint density at radius 2 is 1.82 bits per heavy atom. The number of terminal acetylenes is 1. The van der Waals surface area contributed by atoms with Crippen molar-refractivity contribution < 1.29 is 0 Å². The van der Waals surface area contributed by atoms with Gasteiger partial charge in [-0.1, -0.05) is 78.3 Å². The maximum Gasteiger partial charge on any atom is 0.0575 e. The minimum atomic E-state index is 0.232. The van der Waals surface area contributed by atoms with Crippen LogP contribution in [0.25, 0.3) is 5.57 Å². The van der Waals surface area contributed by atoms with Crippen LogP contribution in [0.3, 0.4) is 0 Å². The van der Waals surface area contributed by atoms with Gasteiger partial charge in [0.25, 0.3) is 0 Å². The first-order chi connectivity index (χ1) is 18.9. The summed E-state index contributed by atoms with van der Waals surface area (Å²) in [6.45, 7) is 29.9. The molecule has 1 aliphatic heterocycles. The normalized spacial score (nSPS) is 17.2. The smallest absolute Gasteiger partial charge is 0.0575 e. The first-order valence-corrected chi connectivity index (χ1v) is 15.5. The summed E-state index contributed by atoms with van der Waals surface area (Å²) in [5.41, 5.74) is 8.16. The molecular formula is C37H55N3. The lowest BCUT2D eigenvalue weighted by Crippen LogP contribution is -2.40. The summed E-state index contributed by atoms with van der Waals surface area (Å²) in [6.07, 6.45) is 18.1. The fourth-order valence-corrected chi connectivity index (χ4v) is 5.89. The van der Waals surface area contributed by atoms with Crippen LogP contribution < -0.4 is 5.32 Å². The monoisotopic (exact) mass is 541 g/mol. The fraction of sp³-hybridized carbons (Fsp3) is 0.568. The average molecular weight is 542 g/mol. The van der Waals surface area contributed by atoms with Crippen LogP contribution >= 0.6 is 0 Å². The summed E-state index contributed by atoms with van der Waals surface area (Å²) in [6, 6.07) is 6.48. The van der Waals surface area contributed by atoms with Gasteiger partial charge in [0.05, 0.1) is 6.54 Å². The molecule has 1 unspecified atom stereocenters. The van der Waals surface area contributed by atoms with Gasteiger partial charge in [-0.2, -0.15) is 0 Å². The van der Waals surface area contributed by atoms with Crippen molar-refractivity contribution in [3.63, 3.8) is 0 Å². The van der Waals surface area contributed by atoms with Gasteiger partial charge in [-0.25, -0.2) is 0 Å². The van der Waals surface area contributed by atoms with Crippen molar-refractivity contribution in [1.29, 1.82) is 0 Å². The minimum Gasteiger partial charge on any atom is -0.374 e. The Balaban J connectivity index is 1.67. The Morgan fingerprint density at radius 1 is 1.15 bits per heavy atom. The maximum absolute atomic E-state index is 5.73. The highest BCUT2D eigenvalue weighted by molar-refractivity contribution is 5.77. The molecule has 0 spiro atoms. The SMILES string of the molecule is C#Cc1ccc(/C(C)=C/C(CC)N(CC(=C)N2CCC(CCCC(C)(C)C)CC2)C(=C)C)c(NC(=C)C2CC2)c1. The van der Waals surface area contributed by atoms with Crippen molar-refractivity contribution in [3.8, 4) is 12.3 Å². The summed E-state index contributed by atoms with van der Waals surface area (Å²) in [4.78, 5) is 4.94. The number of hydrogen-bond donors (Lipinski definition) is 1. The van der Waals surface area contributed by atoms with E-state index in [0.717, 1.165) is 54.6 Å². The van der Waals surface area contributed by atoms with Gasteiger partial charge < -0.3 is 15.1 Å². The Labute approximate surface area is 246 Å². The molecule has 1 heterocycles.